The summed E-state index contributed by atoms with van der Waals surface area (Å²) in [5.74, 6) is 0. The maximum atomic E-state index is 3.57. The Hall–Kier alpha value is -0.340. The van der Waals surface area contributed by atoms with Gasteiger partial charge < -0.3 is 5.32 Å². The number of fused-ring (bicyclic) bond motifs is 3. The molecule has 74 valence electrons. The number of hydrogen-bond donors (Lipinski definition) is 1. The van der Waals surface area contributed by atoms with Crippen LogP contribution in [0.5, 0.6) is 0 Å². The van der Waals surface area contributed by atoms with E-state index in [-0.39, 0.29) is 0 Å². The summed E-state index contributed by atoms with van der Waals surface area (Å²) in [7, 11) is 0. The van der Waals surface area contributed by atoms with Gasteiger partial charge in [0.15, 0.2) is 0 Å². The van der Waals surface area contributed by atoms with Crippen molar-refractivity contribution in [1.29, 1.82) is 0 Å². The van der Waals surface area contributed by atoms with Gasteiger partial charge in [-0.15, -0.1) is 0 Å². The summed E-state index contributed by atoms with van der Waals surface area (Å²) in [5.41, 5.74) is 1.44. The van der Waals surface area contributed by atoms with E-state index in [9.17, 15) is 0 Å². The maximum absolute atomic E-state index is 3.57. The molecule has 2 atom stereocenters. The van der Waals surface area contributed by atoms with Crippen molar-refractivity contribution >= 4 is 0 Å². The zero-order valence-corrected chi connectivity index (χ0v) is 8.71. The van der Waals surface area contributed by atoms with Gasteiger partial charge in [-0.1, -0.05) is 11.6 Å². The molecule has 0 spiro atoms. The average Bonchev–Trinajstić information content (AvgIpc) is 2.17. The van der Waals surface area contributed by atoms with E-state index in [4.69, 9.17) is 0 Å². The third-order valence-electron chi connectivity index (χ3n) is 3.20. The van der Waals surface area contributed by atoms with E-state index < -0.39 is 0 Å². The fourth-order valence-electron chi connectivity index (χ4n) is 2.32. The van der Waals surface area contributed by atoms with Crippen LogP contribution in [0.25, 0.3) is 0 Å². The molecule has 0 radical (unpaired) electrons. The predicted octanol–water partition coefficient (Wildman–Crippen LogP) is 1.39. The number of rotatable bonds is 2. The van der Waals surface area contributed by atoms with Gasteiger partial charge in [-0.2, -0.15) is 0 Å². The van der Waals surface area contributed by atoms with Crippen LogP contribution in [-0.2, 0) is 0 Å². The first-order chi connectivity index (χ1) is 6.25. The lowest BCUT2D eigenvalue weighted by Crippen LogP contribution is -2.60. The molecule has 3 aliphatic heterocycles. The molecule has 2 heteroatoms. The molecule has 3 fully saturated rings. The summed E-state index contributed by atoms with van der Waals surface area (Å²) in [6.07, 6.45) is 5.13. The molecule has 3 aliphatic rings. The van der Waals surface area contributed by atoms with Crippen molar-refractivity contribution in [2.75, 3.05) is 19.6 Å². The van der Waals surface area contributed by atoms with E-state index in [2.05, 4.69) is 30.1 Å². The first-order valence-electron chi connectivity index (χ1n) is 5.36. The molecule has 3 rings (SSSR count). The lowest BCUT2D eigenvalue weighted by Gasteiger charge is -2.45. The van der Waals surface area contributed by atoms with E-state index in [1.807, 2.05) is 0 Å². The van der Waals surface area contributed by atoms with Crippen LogP contribution in [0.3, 0.4) is 0 Å². The Morgan fingerprint density at radius 2 is 2.31 bits per heavy atom. The quantitative estimate of drug-likeness (QED) is 0.646. The van der Waals surface area contributed by atoms with Gasteiger partial charge in [-0.25, -0.2) is 0 Å². The summed E-state index contributed by atoms with van der Waals surface area (Å²) in [5, 5.41) is 3.57. The van der Waals surface area contributed by atoms with Crippen LogP contribution in [0.15, 0.2) is 11.6 Å². The van der Waals surface area contributed by atoms with E-state index in [1.165, 1.54) is 31.5 Å². The van der Waals surface area contributed by atoms with Gasteiger partial charge in [0.05, 0.1) is 0 Å². The highest BCUT2D eigenvalue weighted by Crippen LogP contribution is 2.21. The second-order valence-corrected chi connectivity index (χ2v) is 4.57. The van der Waals surface area contributed by atoms with Crippen molar-refractivity contribution in [3.05, 3.63) is 11.6 Å². The maximum Gasteiger partial charge on any atom is 0.0225 e. The summed E-state index contributed by atoms with van der Waals surface area (Å²) < 4.78 is 0. The van der Waals surface area contributed by atoms with Gasteiger partial charge in [0, 0.05) is 31.7 Å². The second kappa shape index (κ2) is 3.81. The average molecular weight is 180 g/mol. The van der Waals surface area contributed by atoms with Crippen LogP contribution in [0.1, 0.15) is 26.7 Å². The molecule has 3 heterocycles. The van der Waals surface area contributed by atoms with Crippen molar-refractivity contribution < 1.29 is 0 Å². The number of nitrogens with one attached hydrogen (secondary N) is 1. The van der Waals surface area contributed by atoms with Crippen LogP contribution < -0.4 is 5.32 Å². The van der Waals surface area contributed by atoms with Gasteiger partial charge in [-0.3, -0.25) is 4.90 Å². The molecule has 0 aromatic rings. The van der Waals surface area contributed by atoms with Gasteiger partial charge in [-0.05, 0) is 26.7 Å². The van der Waals surface area contributed by atoms with E-state index in [1.54, 1.807) is 0 Å². The number of piperidine rings is 2. The predicted molar refractivity (Wildman–Crippen MR) is 55.8 cm³/mol. The Morgan fingerprint density at radius 3 is 2.77 bits per heavy atom. The molecular weight excluding hydrogens is 160 g/mol. The molecule has 0 saturated carbocycles. The first kappa shape index (κ1) is 9.22. The zero-order chi connectivity index (χ0) is 9.26. The molecule has 13 heavy (non-hydrogen) atoms. The van der Waals surface area contributed by atoms with Crippen molar-refractivity contribution in [3.8, 4) is 0 Å². The minimum absolute atomic E-state index is 0.774. The summed E-state index contributed by atoms with van der Waals surface area (Å²) in [6, 6.07) is 1.58. The fraction of sp³-hybridized carbons (Fsp3) is 0.818. The van der Waals surface area contributed by atoms with Crippen LogP contribution in [-0.4, -0.2) is 36.6 Å². The molecular formula is C11H20N2. The standard InChI is InChI=1S/C11H20N2/c1-9(2)5-6-13-8-10-3-4-11(13)7-12-10/h5,10-12H,3-4,6-8H2,1-2H3. The summed E-state index contributed by atoms with van der Waals surface area (Å²) in [6.45, 7) is 7.99. The van der Waals surface area contributed by atoms with E-state index >= 15 is 0 Å². The highest BCUT2D eigenvalue weighted by Gasteiger charge is 2.32. The molecule has 1 N–H and O–H groups in total. The van der Waals surface area contributed by atoms with Gasteiger partial charge in [0.1, 0.15) is 0 Å². The molecule has 2 bridgehead atoms. The van der Waals surface area contributed by atoms with Crippen LogP contribution in [0.4, 0.5) is 0 Å². The molecule has 0 aromatic carbocycles. The first-order valence-corrected chi connectivity index (χ1v) is 5.36. The third kappa shape index (κ3) is 2.12. The Kier molecular flexibility index (Phi) is 2.70. The van der Waals surface area contributed by atoms with Gasteiger partial charge in [0.2, 0.25) is 0 Å². The normalized spacial score (nSPS) is 33.4. The number of hydrogen-bond acceptors (Lipinski definition) is 2. The summed E-state index contributed by atoms with van der Waals surface area (Å²) >= 11 is 0. The zero-order valence-electron chi connectivity index (χ0n) is 8.71. The summed E-state index contributed by atoms with van der Waals surface area (Å²) in [4.78, 5) is 2.62. The van der Waals surface area contributed by atoms with Crippen molar-refractivity contribution in [3.63, 3.8) is 0 Å². The monoisotopic (exact) mass is 180 g/mol. The number of piperazine rings is 1. The molecule has 0 amide bonds. The van der Waals surface area contributed by atoms with Crippen LogP contribution in [0, 0.1) is 0 Å². The minimum atomic E-state index is 0.774. The highest BCUT2D eigenvalue weighted by atomic mass is 15.2. The lowest BCUT2D eigenvalue weighted by molar-refractivity contribution is 0.0866. The SMILES string of the molecule is CC(C)=CCN1CC2CCC1CN2. The molecule has 0 aromatic heterocycles. The fourth-order valence-corrected chi connectivity index (χ4v) is 2.32. The second-order valence-electron chi connectivity index (χ2n) is 4.57. The molecule has 2 unspecified atom stereocenters. The van der Waals surface area contributed by atoms with Crippen molar-refractivity contribution in [2.45, 2.75) is 38.8 Å². The van der Waals surface area contributed by atoms with Gasteiger partial charge in [0.25, 0.3) is 0 Å². The smallest absolute Gasteiger partial charge is 0.0225 e. The van der Waals surface area contributed by atoms with E-state index in [0.717, 1.165) is 18.6 Å². The number of nitrogens with zero attached hydrogens (tertiary/aromatic N) is 1. The topological polar surface area (TPSA) is 15.3 Å². The van der Waals surface area contributed by atoms with E-state index in [0.29, 0.717) is 0 Å². The Labute approximate surface area is 81.0 Å². The van der Waals surface area contributed by atoms with Crippen LogP contribution in [0.2, 0.25) is 0 Å². The number of allylic oxidation sites excluding steroid dienone is 1. The molecule has 3 saturated heterocycles. The molecule has 2 nitrogen and oxygen atoms in total. The Balaban J connectivity index is 1.90. The largest absolute Gasteiger partial charge is 0.311 e. The Morgan fingerprint density at radius 1 is 1.46 bits per heavy atom. The van der Waals surface area contributed by atoms with Gasteiger partial charge >= 0.3 is 0 Å². The molecule has 0 aliphatic carbocycles. The lowest BCUT2D eigenvalue weighted by atomic mass is 9.93. The van der Waals surface area contributed by atoms with Crippen LogP contribution >= 0.6 is 0 Å². The van der Waals surface area contributed by atoms with Crippen molar-refractivity contribution in [2.24, 2.45) is 0 Å². The Bertz CT molecular complexity index is 198. The highest BCUT2D eigenvalue weighted by molar-refractivity contribution is 5.00. The van der Waals surface area contributed by atoms with Crippen molar-refractivity contribution in [1.82, 2.24) is 10.2 Å². The minimum Gasteiger partial charge on any atom is -0.311 e. The third-order valence-corrected chi connectivity index (χ3v) is 3.20.